The van der Waals surface area contributed by atoms with Gasteiger partial charge >= 0.3 is 7.82 Å². The van der Waals surface area contributed by atoms with Crippen molar-refractivity contribution in [2.24, 2.45) is 0 Å². The van der Waals surface area contributed by atoms with Crippen molar-refractivity contribution in [1.29, 1.82) is 0 Å². The van der Waals surface area contributed by atoms with Gasteiger partial charge in [0.05, 0.1) is 0 Å². The number of nitrogens with zero attached hydrogens (tertiary/aromatic N) is 3. The Bertz CT molecular complexity index is 995. The van der Waals surface area contributed by atoms with Crippen LogP contribution in [0, 0.1) is 0 Å². The standard InChI is InChI=1S/3C19H40N2O.H3O4P/c3*1-4-7-8-9-10-11-12-13-14-16-19(22)20-17-15-18-21(5-2)6-3;1-5(2,3)4/h3*4-18H2,1-3H3,(H,20,22);(H3,1,2,3,4). The molecule has 0 bridgehead atoms. The summed E-state index contributed by atoms with van der Waals surface area (Å²) in [6.45, 7) is 32.2. The molecule has 0 radical (unpaired) electrons. The van der Waals surface area contributed by atoms with Crippen molar-refractivity contribution in [3.8, 4) is 0 Å². The average molecular weight is 1040 g/mol. The molecule has 13 nitrogen and oxygen atoms in total. The number of phosphoric acid groups is 1. The van der Waals surface area contributed by atoms with Crippen molar-refractivity contribution in [1.82, 2.24) is 30.7 Å². The van der Waals surface area contributed by atoms with Gasteiger partial charge in [-0.2, -0.15) is 0 Å². The third kappa shape index (κ3) is 72.7. The lowest BCUT2D eigenvalue weighted by Crippen LogP contribution is -2.29. The Morgan fingerprint density at radius 1 is 0.310 bits per heavy atom. The van der Waals surface area contributed by atoms with Crippen molar-refractivity contribution in [2.75, 3.05) is 78.5 Å². The second kappa shape index (κ2) is 62.7. The van der Waals surface area contributed by atoms with Crippen molar-refractivity contribution >= 4 is 25.5 Å². The zero-order chi connectivity index (χ0) is 53.9. The molecular formula is C57H123N6O7P. The van der Waals surface area contributed by atoms with Crippen molar-refractivity contribution < 1.29 is 33.6 Å². The molecule has 0 saturated carbocycles. The smallest absolute Gasteiger partial charge is 0.356 e. The summed E-state index contributed by atoms with van der Waals surface area (Å²) in [7, 11) is -4.64. The summed E-state index contributed by atoms with van der Waals surface area (Å²) in [5.41, 5.74) is 0. The molecule has 71 heavy (non-hydrogen) atoms. The number of nitrogens with one attached hydrogen (secondary N) is 3. The molecule has 0 aliphatic heterocycles. The van der Waals surface area contributed by atoms with Gasteiger partial charge in [0.1, 0.15) is 0 Å². The molecule has 0 aromatic carbocycles. The number of hydrogen-bond acceptors (Lipinski definition) is 7. The highest BCUT2D eigenvalue weighted by atomic mass is 31.2. The third-order valence-electron chi connectivity index (χ3n) is 13.1. The number of carbonyl (C=O) groups excluding carboxylic acids is 3. The first-order valence-electron chi connectivity index (χ1n) is 30.0. The van der Waals surface area contributed by atoms with E-state index in [2.05, 4.69) is 93.0 Å². The average Bonchev–Trinajstić information content (AvgIpc) is 3.35. The SMILES string of the molecule is CCCCCCCCCCCC(=O)NCCCN(CC)CC.CCCCCCCCCCCC(=O)NCCCN(CC)CC.CCCCCCCCCCCC(=O)NCCCN(CC)CC.O=P(O)(O)O. The van der Waals surface area contributed by atoms with Gasteiger partial charge in [0.2, 0.25) is 17.7 Å². The van der Waals surface area contributed by atoms with Gasteiger partial charge in [-0.25, -0.2) is 4.57 Å². The van der Waals surface area contributed by atoms with Crippen LogP contribution in [0.3, 0.4) is 0 Å². The van der Waals surface area contributed by atoms with Crippen molar-refractivity contribution in [2.45, 2.75) is 274 Å². The van der Waals surface area contributed by atoms with Crippen LogP contribution in [-0.2, 0) is 18.9 Å². The summed E-state index contributed by atoms with van der Waals surface area (Å²) in [6, 6.07) is 0. The maximum atomic E-state index is 11.7. The van der Waals surface area contributed by atoms with Crippen LogP contribution in [0.1, 0.15) is 274 Å². The monoisotopic (exact) mass is 1030 g/mol. The Kier molecular flexibility index (Phi) is 67.0. The van der Waals surface area contributed by atoms with Gasteiger partial charge in [0.15, 0.2) is 0 Å². The van der Waals surface area contributed by atoms with Gasteiger partial charge in [0.25, 0.3) is 0 Å². The third-order valence-corrected chi connectivity index (χ3v) is 13.1. The molecule has 0 atom stereocenters. The van der Waals surface area contributed by atoms with E-state index in [1.54, 1.807) is 0 Å². The number of rotatable bonds is 48. The van der Waals surface area contributed by atoms with E-state index in [-0.39, 0.29) is 17.7 Å². The molecular weight excluding hydrogens is 912 g/mol. The quantitative estimate of drug-likeness (QED) is 0.0254. The van der Waals surface area contributed by atoms with E-state index in [1.165, 1.54) is 154 Å². The predicted molar refractivity (Wildman–Crippen MR) is 306 cm³/mol. The molecule has 0 fully saturated rings. The van der Waals surface area contributed by atoms with Gasteiger partial charge in [-0.3, -0.25) is 14.4 Å². The fraction of sp³-hybridized carbons (Fsp3) is 0.947. The lowest BCUT2D eigenvalue weighted by atomic mass is 10.1. The van der Waals surface area contributed by atoms with Crippen LogP contribution in [0.15, 0.2) is 0 Å². The minimum absolute atomic E-state index is 0.238. The van der Waals surface area contributed by atoms with Crippen LogP contribution in [0.4, 0.5) is 0 Å². The number of amides is 3. The first kappa shape index (κ1) is 75.9. The van der Waals surface area contributed by atoms with Gasteiger partial charge in [-0.05, 0) is 97.4 Å². The lowest BCUT2D eigenvalue weighted by Gasteiger charge is -2.17. The van der Waals surface area contributed by atoms with E-state index in [4.69, 9.17) is 19.2 Å². The minimum atomic E-state index is -4.64. The molecule has 0 spiro atoms. The first-order chi connectivity index (χ1) is 34.2. The fourth-order valence-corrected chi connectivity index (χ4v) is 8.26. The normalized spacial score (nSPS) is 11.1. The molecule has 428 valence electrons. The predicted octanol–water partition coefficient (Wildman–Crippen LogP) is 13.3. The molecule has 6 N–H and O–H groups in total. The van der Waals surface area contributed by atoms with E-state index in [9.17, 15) is 14.4 Å². The summed E-state index contributed by atoms with van der Waals surface area (Å²) >= 11 is 0. The summed E-state index contributed by atoms with van der Waals surface area (Å²) < 4.78 is 8.88. The van der Waals surface area contributed by atoms with Crippen LogP contribution >= 0.6 is 7.82 Å². The molecule has 0 aromatic heterocycles. The number of unbranched alkanes of at least 4 members (excludes halogenated alkanes) is 24. The van der Waals surface area contributed by atoms with E-state index in [0.717, 1.165) is 117 Å². The van der Waals surface area contributed by atoms with Gasteiger partial charge in [-0.1, -0.05) is 216 Å². The van der Waals surface area contributed by atoms with E-state index < -0.39 is 7.82 Å². The molecule has 0 unspecified atom stereocenters. The molecule has 0 rings (SSSR count). The van der Waals surface area contributed by atoms with E-state index in [1.807, 2.05) is 0 Å². The number of carbonyl (C=O) groups is 3. The van der Waals surface area contributed by atoms with Gasteiger partial charge in [-0.15, -0.1) is 0 Å². The van der Waals surface area contributed by atoms with Crippen LogP contribution < -0.4 is 16.0 Å². The van der Waals surface area contributed by atoms with Crippen LogP contribution in [0.5, 0.6) is 0 Å². The second-order valence-electron chi connectivity index (χ2n) is 19.4. The van der Waals surface area contributed by atoms with Crippen LogP contribution in [0.2, 0.25) is 0 Å². The first-order valence-corrected chi connectivity index (χ1v) is 31.5. The molecule has 0 heterocycles. The Morgan fingerprint density at radius 2 is 0.479 bits per heavy atom. The summed E-state index contributed by atoms with van der Waals surface area (Å²) in [4.78, 5) is 63.9. The van der Waals surface area contributed by atoms with Gasteiger partial charge in [0, 0.05) is 38.9 Å². The molecule has 0 aliphatic carbocycles. The summed E-state index contributed by atoms with van der Waals surface area (Å²) in [6.07, 6.45) is 40.6. The Labute approximate surface area is 441 Å². The molecule has 0 aromatic rings. The topological polar surface area (TPSA) is 175 Å². The summed E-state index contributed by atoms with van der Waals surface area (Å²) in [5, 5.41) is 9.14. The zero-order valence-electron chi connectivity index (χ0n) is 48.6. The minimum Gasteiger partial charge on any atom is -0.356 e. The zero-order valence-corrected chi connectivity index (χ0v) is 49.5. The maximum absolute atomic E-state index is 11.7. The maximum Gasteiger partial charge on any atom is 0.466 e. The summed E-state index contributed by atoms with van der Waals surface area (Å²) in [5.74, 6) is 0.715. The molecule has 0 saturated heterocycles. The largest absolute Gasteiger partial charge is 0.466 e. The fourth-order valence-electron chi connectivity index (χ4n) is 8.26. The van der Waals surface area contributed by atoms with E-state index >= 15 is 0 Å². The highest BCUT2D eigenvalue weighted by Crippen LogP contribution is 2.25. The van der Waals surface area contributed by atoms with Crippen LogP contribution in [0.25, 0.3) is 0 Å². The molecule has 3 amide bonds. The Morgan fingerprint density at radius 3 is 0.648 bits per heavy atom. The molecule has 14 heteroatoms. The Balaban J connectivity index is -0.000000451. The lowest BCUT2D eigenvalue weighted by molar-refractivity contribution is -0.122. The van der Waals surface area contributed by atoms with Crippen LogP contribution in [-0.4, -0.2) is 126 Å². The Hall–Kier alpha value is -1.60. The number of hydrogen-bond donors (Lipinski definition) is 6. The highest BCUT2D eigenvalue weighted by molar-refractivity contribution is 7.45. The second-order valence-corrected chi connectivity index (χ2v) is 20.5. The highest BCUT2D eigenvalue weighted by Gasteiger charge is 2.06. The van der Waals surface area contributed by atoms with E-state index in [0.29, 0.717) is 19.3 Å². The van der Waals surface area contributed by atoms with Crippen molar-refractivity contribution in [3.63, 3.8) is 0 Å². The molecule has 0 aliphatic rings. The van der Waals surface area contributed by atoms with Gasteiger partial charge < -0.3 is 45.3 Å². The van der Waals surface area contributed by atoms with Crippen molar-refractivity contribution in [3.05, 3.63) is 0 Å².